The van der Waals surface area contributed by atoms with Crippen molar-refractivity contribution < 1.29 is 19.4 Å². The fourth-order valence-electron chi connectivity index (χ4n) is 3.55. The predicted octanol–water partition coefficient (Wildman–Crippen LogP) is 6.04. The molecule has 1 aromatic carbocycles. The number of carbonyl (C=O) groups excluding carboxylic acids is 1. The minimum absolute atomic E-state index is 0.0686. The summed E-state index contributed by atoms with van der Waals surface area (Å²) in [6.07, 6.45) is 6.84. The van der Waals surface area contributed by atoms with E-state index in [-0.39, 0.29) is 29.3 Å². The molecule has 7 heteroatoms. The number of hydrogen-bond donors (Lipinski definition) is 1. The lowest BCUT2D eigenvalue weighted by atomic mass is 9.92. The van der Waals surface area contributed by atoms with E-state index >= 15 is 0 Å². The van der Waals surface area contributed by atoms with Crippen LogP contribution in [0.15, 0.2) is 30.4 Å². The van der Waals surface area contributed by atoms with Gasteiger partial charge < -0.3 is 14.6 Å². The van der Waals surface area contributed by atoms with E-state index in [1.165, 1.54) is 0 Å². The van der Waals surface area contributed by atoms with Crippen LogP contribution in [0, 0.1) is 11.8 Å². The molecular weight excluding hydrogens is 435 g/mol. The first kappa shape index (κ1) is 24.3. The van der Waals surface area contributed by atoms with Gasteiger partial charge in [-0.1, -0.05) is 35.4 Å². The zero-order chi connectivity index (χ0) is 21.4. The van der Waals surface area contributed by atoms with Crippen molar-refractivity contribution in [2.24, 2.45) is 11.8 Å². The van der Waals surface area contributed by atoms with Crippen molar-refractivity contribution in [3.63, 3.8) is 0 Å². The molecule has 2 rings (SSSR count). The van der Waals surface area contributed by atoms with E-state index in [1.807, 2.05) is 13.8 Å². The Hall–Kier alpha value is -0.940. The van der Waals surface area contributed by atoms with Gasteiger partial charge in [-0.3, -0.25) is 4.79 Å². The maximum absolute atomic E-state index is 11.5. The van der Waals surface area contributed by atoms with Gasteiger partial charge in [0, 0.05) is 27.8 Å². The van der Waals surface area contributed by atoms with Crippen LogP contribution in [-0.2, 0) is 9.53 Å². The second kappa shape index (κ2) is 12.0. The molecular formula is C22H29Cl3O4. The van der Waals surface area contributed by atoms with Gasteiger partial charge in [0.05, 0.1) is 18.8 Å². The SMILES string of the molecule is CC(C)OC(=O)CCC/C=C\C[C@@H]1[C@@H](COc2cc(Cl)cc(Cl)c2)[C@H](O)C[C@@H]1Cl. The number of ether oxygens (including phenoxy) is 2. The third kappa shape index (κ3) is 8.37. The summed E-state index contributed by atoms with van der Waals surface area (Å²) < 4.78 is 11.0. The number of halogens is 3. The Kier molecular flexibility index (Phi) is 10.1. The van der Waals surface area contributed by atoms with Gasteiger partial charge in [-0.15, -0.1) is 11.6 Å². The summed E-state index contributed by atoms with van der Waals surface area (Å²) in [4.78, 5) is 11.5. The molecule has 1 N–H and O–H groups in total. The number of carbonyl (C=O) groups is 1. The Morgan fingerprint density at radius 3 is 2.55 bits per heavy atom. The van der Waals surface area contributed by atoms with Crippen molar-refractivity contribution in [1.29, 1.82) is 0 Å². The monoisotopic (exact) mass is 462 g/mol. The van der Waals surface area contributed by atoms with Crippen LogP contribution >= 0.6 is 34.8 Å². The van der Waals surface area contributed by atoms with Crippen LogP contribution in [0.1, 0.15) is 46.0 Å². The number of allylic oxidation sites excluding steroid dienone is 2. The van der Waals surface area contributed by atoms with Gasteiger partial charge >= 0.3 is 5.97 Å². The lowest BCUT2D eigenvalue weighted by Gasteiger charge is -2.22. The minimum atomic E-state index is -0.503. The number of alkyl halides is 1. The molecule has 0 bridgehead atoms. The minimum Gasteiger partial charge on any atom is -0.493 e. The quantitative estimate of drug-likeness (QED) is 0.199. The van der Waals surface area contributed by atoms with E-state index in [9.17, 15) is 9.90 Å². The molecule has 1 saturated carbocycles. The van der Waals surface area contributed by atoms with E-state index in [4.69, 9.17) is 44.3 Å². The molecule has 0 radical (unpaired) electrons. The second-order valence-corrected chi connectivity index (χ2v) is 9.13. The highest BCUT2D eigenvalue weighted by molar-refractivity contribution is 6.34. The van der Waals surface area contributed by atoms with Gasteiger partial charge in [0.2, 0.25) is 0 Å². The largest absolute Gasteiger partial charge is 0.493 e. The van der Waals surface area contributed by atoms with E-state index in [2.05, 4.69) is 12.2 Å². The molecule has 162 valence electrons. The van der Waals surface area contributed by atoms with Gasteiger partial charge in [-0.25, -0.2) is 0 Å². The van der Waals surface area contributed by atoms with Crippen LogP contribution in [0.4, 0.5) is 0 Å². The van der Waals surface area contributed by atoms with Crippen LogP contribution in [0.3, 0.4) is 0 Å². The highest BCUT2D eigenvalue weighted by atomic mass is 35.5. The van der Waals surface area contributed by atoms with Crippen LogP contribution in [0.2, 0.25) is 10.0 Å². The molecule has 29 heavy (non-hydrogen) atoms. The Labute approximate surface area is 188 Å². The van der Waals surface area contributed by atoms with E-state index in [1.54, 1.807) is 18.2 Å². The Bertz CT molecular complexity index is 672. The molecule has 0 amide bonds. The van der Waals surface area contributed by atoms with Crippen LogP contribution in [0.5, 0.6) is 5.75 Å². The summed E-state index contributed by atoms with van der Waals surface area (Å²) in [7, 11) is 0. The van der Waals surface area contributed by atoms with Gasteiger partial charge in [0.15, 0.2) is 0 Å². The zero-order valence-corrected chi connectivity index (χ0v) is 19.1. The molecule has 1 fully saturated rings. The normalized spacial score (nSPS) is 24.4. The van der Waals surface area contributed by atoms with Crippen LogP contribution in [0.25, 0.3) is 0 Å². The van der Waals surface area contributed by atoms with Gasteiger partial charge in [-0.05, 0) is 63.6 Å². The summed E-state index contributed by atoms with van der Waals surface area (Å²) in [5.41, 5.74) is 0. The van der Waals surface area contributed by atoms with Crippen molar-refractivity contribution >= 4 is 40.8 Å². The molecule has 1 aliphatic rings. The summed E-state index contributed by atoms with van der Waals surface area (Å²) in [6, 6.07) is 5.05. The number of benzene rings is 1. The van der Waals surface area contributed by atoms with E-state index < -0.39 is 6.10 Å². The highest BCUT2D eigenvalue weighted by Crippen LogP contribution is 2.39. The van der Waals surface area contributed by atoms with Crippen molar-refractivity contribution in [3.8, 4) is 5.75 Å². The summed E-state index contributed by atoms with van der Waals surface area (Å²) >= 11 is 18.5. The third-order valence-corrected chi connectivity index (χ3v) is 5.89. The highest BCUT2D eigenvalue weighted by Gasteiger charge is 2.41. The number of rotatable bonds is 10. The molecule has 0 aromatic heterocycles. The van der Waals surface area contributed by atoms with E-state index in [0.29, 0.717) is 35.2 Å². The lowest BCUT2D eigenvalue weighted by molar-refractivity contribution is -0.147. The topological polar surface area (TPSA) is 55.8 Å². The average molecular weight is 464 g/mol. The molecule has 1 aromatic rings. The lowest BCUT2D eigenvalue weighted by Crippen LogP contribution is -2.27. The Balaban J connectivity index is 1.80. The van der Waals surface area contributed by atoms with Crippen LogP contribution < -0.4 is 4.74 Å². The summed E-state index contributed by atoms with van der Waals surface area (Å²) in [5.74, 6) is 0.464. The molecule has 4 nitrogen and oxygen atoms in total. The molecule has 4 atom stereocenters. The molecule has 0 unspecified atom stereocenters. The first-order valence-electron chi connectivity index (χ1n) is 10.0. The molecule has 1 aliphatic carbocycles. The number of aliphatic hydroxyl groups is 1. The smallest absolute Gasteiger partial charge is 0.306 e. The number of hydrogen-bond acceptors (Lipinski definition) is 4. The van der Waals surface area contributed by atoms with Crippen molar-refractivity contribution in [2.75, 3.05) is 6.61 Å². The fourth-order valence-corrected chi connectivity index (χ4v) is 4.53. The van der Waals surface area contributed by atoms with Crippen molar-refractivity contribution in [3.05, 3.63) is 40.4 Å². The zero-order valence-electron chi connectivity index (χ0n) is 16.8. The third-order valence-electron chi connectivity index (χ3n) is 4.95. The van der Waals surface area contributed by atoms with E-state index in [0.717, 1.165) is 19.3 Å². The predicted molar refractivity (Wildman–Crippen MR) is 118 cm³/mol. The van der Waals surface area contributed by atoms with Gasteiger partial charge in [-0.2, -0.15) is 0 Å². The maximum atomic E-state index is 11.5. The summed E-state index contributed by atoms with van der Waals surface area (Å²) in [5, 5.41) is 11.3. The van der Waals surface area contributed by atoms with Crippen molar-refractivity contribution in [1.82, 2.24) is 0 Å². The summed E-state index contributed by atoms with van der Waals surface area (Å²) in [6.45, 7) is 4.04. The van der Waals surface area contributed by atoms with Crippen LogP contribution in [-0.4, -0.2) is 35.3 Å². The number of aliphatic hydroxyl groups excluding tert-OH is 1. The van der Waals surface area contributed by atoms with Gasteiger partial charge in [0.25, 0.3) is 0 Å². The first-order valence-corrected chi connectivity index (χ1v) is 11.2. The molecule has 0 heterocycles. The molecule has 0 saturated heterocycles. The second-order valence-electron chi connectivity index (χ2n) is 7.70. The van der Waals surface area contributed by atoms with Gasteiger partial charge in [0.1, 0.15) is 5.75 Å². The maximum Gasteiger partial charge on any atom is 0.306 e. The average Bonchev–Trinajstić information content (AvgIpc) is 2.87. The standard InChI is InChI=1S/C22H29Cl3O4/c1-14(2)29-22(27)8-6-4-3-5-7-18-19(21(26)12-20(18)25)13-28-17-10-15(23)9-16(24)11-17/h3,5,9-11,14,18-21,26H,4,6-8,12-13H2,1-2H3/b5-3-/t18-,19-,20+,21-/m1/s1. The Morgan fingerprint density at radius 1 is 1.21 bits per heavy atom. The molecule has 0 spiro atoms. The van der Waals surface area contributed by atoms with Crippen molar-refractivity contribution in [2.45, 2.75) is 63.5 Å². The number of unbranched alkanes of at least 4 members (excludes halogenated alkanes) is 1. The fraction of sp³-hybridized carbons (Fsp3) is 0.591. The molecule has 0 aliphatic heterocycles. The Morgan fingerprint density at radius 2 is 1.90 bits per heavy atom. The number of esters is 1. The first-order chi connectivity index (χ1) is 13.8.